The number of likely N-dealkylation sites (tertiary alicyclic amines) is 2. The summed E-state index contributed by atoms with van der Waals surface area (Å²) < 4.78 is 28.0. The van der Waals surface area contributed by atoms with Gasteiger partial charge in [-0.3, -0.25) is 19.8 Å². The average Bonchev–Trinajstić information content (AvgIpc) is 1.64. The van der Waals surface area contributed by atoms with Gasteiger partial charge in [0.2, 0.25) is 0 Å². The van der Waals surface area contributed by atoms with Crippen LogP contribution in [0.5, 0.6) is 0 Å². The average molecular weight is 1430 g/mol. The van der Waals surface area contributed by atoms with Crippen LogP contribution in [0.1, 0.15) is 360 Å². The van der Waals surface area contributed by atoms with Crippen molar-refractivity contribution in [2.75, 3.05) is 39.3 Å². The fraction of sp³-hybridized carbons (Fsp3) is 0.729. The van der Waals surface area contributed by atoms with Crippen LogP contribution in [-0.4, -0.2) is 95.0 Å². The van der Waals surface area contributed by atoms with Crippen molar-refractivity contribution in [1.29, 1.82) is 0 Å². The first-order valence-electron chi connectivity index (χ1n) is 44.6. The summed E-state index contributed by atoms with van der Waals surface area (Å²) in [6, 6.07) is 8.53. The number of unbranched alkanes of at least 4 members (excludes halogenated alkanes) is 31. The topological polar surface area (TPSA) is 69.2 Å². The molecule has 6 heterocycles. The number of nitrogens with zero attached hydrogens (tertiary/aromatic N) is 4. The molecule has 2 aromatic heterocycles. The summed E-state index contributed by atoms with van der Waals surface area (Å²) >= 11 is 0. The molecule has 6 unspecified atom stereocenters. The molecular weight excluding hydrogens is 1270 g/mol. The van der Waals surface area contributed by atoms with E-state index in [4.69, 9.17) is 18.9 Å². The Morgan fingerprint density at radius 2 is 0.692 bits per heavy atom. The molecule has 4 fully saturated rings. The predicted octanol–water partition coefficient (Wildman–Crippen LogP) is 27.1. The Hall–Kier alpha value is -4.02. The number of allylic oxidation sites excluding steroid dienone is 16. The van der Waals surface area contributed by atoms with Crippen LogP contribution in [0, 0.1) is 11.8 Å². The summed E-state index contributed by atoms with van der Waals surface area (Å²) in [5, 5.41) is 0. The molecule has 104 heavy (non-hydrogen) atoms. The van der Waals surface area contributed by atoms with Crippen molar-refractivity contribution in [3.05, 3.63) is 157 Å². The molecule has 8 nitrogen and oxygen atoms in total. The van der Waals surface area contributed by atoms with Crippen LogP contribution in [0.4, 0.5) is 0 Å². The molecule has 4 aliphatic heterocycles. The van der Waals surface area contributed by atoms with Gasteiger partial charge in [0.1, 0.15) is 24.4 Å². The zero-order valence-electron chi connectivity index (χ0n) is 67.8. The molecule has 0 N–H and O–H groups in total. The highest BCUT2D eigenvalue weighted by Crippen LogP contribution is 2.43. The van der Waals surface area contributed by atoms with Gasteiger partial charge in [0, 0.05) is 89.7 Å². The van der Waals surface area contributed by atoms with E-state index in [0.717, 1.165) is 115 Å². The summed E-state index contributed by atoms with van der Waals surface area (Å²) in [7, 11) is 0. The van der Waals surface area contributed by atoms with Crippen molar-refractivity contribution >= 4 is 0 Å². The molecule has 6 atom stereocenters. The second kappa shape index (κ2) is 59.9. The molecular formula is C96H158N4O4. The van der Waals surface area contributed by atoms with Gasteiger partial charge >= 0.3 is 0 Å². The second-order valence-electron chi connectivity index (χ2n) is 32.2. The monoisotopic (exact) mass is 1430 g/mol. The van der Waals surface area contributed by atoms with Crippen LogP contribution in [0.3, 0.4) is 0 Å². The van der Waals surface area contributed by atoms with Crippen LogP contribution < -0.4 is 0 Å². The van der Waals surface area contributed by atoms with E-state index in [1.54, 1.807) is 0 Å². The standard InChI is InChI=1S/C96H158N4O4/c1-5-8-10-12-14-16-18-20-22-25-30-36-42-48-54-60-73-95(101-91-83-99(84-92(91)102-95)80-71-88-69-78-97-79-70-88)74-61-57-51-45-39-33-29-35-41-47-53-59-68-90(65-7-3)87(4)66-58-52-46-40-34-28-24-27-32-38-44-50-56-63-76-96(75-62-55-49-43-37-31-26-23-21-19-17-15-13-11-9-6-2)103-93-85-100(86-94(93)104-96)81-72-89-67-64-77-98-82-89/h14-17,20-24,28,35,40-41,46,53,59,64,67,69-70,77-79,82,87,90-94H,5-13,18-19,25-27,29-34,36-39,42-45,47-52,54-58,60-63,65-66,68,71-76,80-81,83-86H2,1-4H3. The Morgan fingerprint density at radius 3 is 1.05 bits per heavy atom. The van der Waals surface area contributed by atoms with Gasteiger partial charge in [-0.1, -0.05) is 279 Å². The minimum atomic E-state index is -0.375. The lowest BCUT2D eigenvalue weighted by Gasteiger charge is -2.31. The third kappa shape index (κ3) is 41.5. The van der Waals surface area contributed by atoms with Crippen molar-refractivity contribution in [3.8, 4) is 0 Å². The maximum atomic E-state index is 7.00. The molecule has 0 aromatic carbocycles. The lowest BCUT2D eigenvalue weighted by Crippen LogP contribution is -2.36. The van der Waals surface area contributed by atoms with Gasteiger partial charge in [-0.25, -0.2) is 0 Å². The molecule has 6 rings (SSSR count). The fourth-order valence-corrected chi connectivity index (χ4v) is 16.5. The van der Waals surface area contributed by atoms with E-state index >= 15 is 0 Å². The summed E-state index contributed by atoms with van der Waals surface area (Å²) in [5.41, 5.74) is 2.67. The minimum absolute atomic E-state index is 0.209. The van der Waals surface area contributed by atoms with Crippen LogP contribution in [-0.2, 0) is 31.8 Å². The van der Waals surface area contributed by atoms with E-state index in [1.165, 1.54) is 281 Å². The number of fused-ring (bicyclic) bond motifs is 2. The van der Waals surface area contributed by atoms with Crippen molar-refractivity contribution in [2.24, 2.45) is 11.8 Å². The number of rotatable bonds is 67. The number of hydrogen-bond acceptors (Lipinski definition) is 8. The highest BCUT2D eigenvalue weighted by Gasteiger charge is 2.52. The van der Waals surface area contributed by atoms with Gasteiger partial charge in [0.15, 0.2) is 11.6 Å². The first-order chi connectivity index (χ1) is 51.4. The van der Waals surface area contributed by atoms with Gasteiger partial charge in [-0.05, 0) is 202 Å². The Labute approximate surface area is 641 Å². The summed E-state index contributed by atoms with van der Waals surface area (Å²) in [5.74, 6) is 0.830. The fourth-order valence-electron chi connectivity index (χ4n) is 16.5. The summed E-state index contributed by atoms with van der Waals surface area (Å²) in [6.45, 7) is 15.5. The first kappa shape index (κ1) is 88.9. The molecule has 0 bridgehead atoms. The molecule has 586 valence electrons. The molecule has 0 saturated carbocycles. The zero-order chi connectivity index (χ0) is 73.0. The van der Waals surface area contributed by atoms with Gasteiger partial charge < -0.3 is 18.9 Å². The maximum Gasteiger partial charge on any atom is 0.169 e. The van der Waals surface area contributed by atoms with Crippen molar-refractivity contribution in [3.63, 3.8) is 0 Å². The molecule has 2 aromatic rings. The van der Waals surface area contributed by atoms with Gasteiger partial charge in [-0.15, -0.1) is 0 Å². The summed E-state index contributed by atoms with van der Waals surface area (Å²) in [4.78, 5) is 13.6. The van der Waals surface area contributed by atoms with E-state index < -0.39 is 0 Å². The van der Waals surface area contributed by atoms with E-state index in [0.29, 0.717) is 0 Å². The SMILES string of the molecule is CCCCCC=CCC=CCCCCCCCCC1(CCCCCCCCC=CCC=CCC(CCC)C(C)CCCC=CCC=CCCCCCCCCC2(CCCCCCCCC=CCC=CCCCCC)OC3CN(CCc4cccnc4)CC3O2)OC2CN(CCc3ccncc3)CC2O1. The molecule has 0 radical (unpaired) electrons. The van der Waals surface area contributed by atoms with E-state index in [2.05, 4.69) is 163 Å². The Morgan fingerprint density at radius 1 is 0.356 bits per heavy atom. The number of aromatic nitrogens is 2. The van der Waals surface area contributed by atoms with Crippen LogP contribution in [0.15, 0.2) is 146 Å². The Bertz CT molecular complexity index is 2540. The smallest absolute Gasteiger partial charge is 0.169 e. The van der Waals surface area contributed by atoms with Crippen molar-refractivity contribution in [2.45, 2.75) is 398 Å². The molecule has 0 amide bonds. The summed E-state index contributed by atoms with van der Waals surface area (Å²) in [6.07, 6.45) is 112. The molecule has 0 aliphatic carbocycles. The van der Waals surface area contributed by atoms with E-state index in [-0.39, 0.29) is 36.0 Å². The molecule has 4 aliphatic rings. The van der Waals surface area contributed by atoms with Crippen molar-refractivity contribution in [1.82, 2.24) is 19.8 Å². The molecule has 0 spiro atoms. The lowest BCUT2D eigenvalue weighted by molar-refractivity contribution is -0.194. The Balaban J connectivity index is 0.741. The van der Waals surface area contributed by atoms with E-state index in [1.807, 2.05) is 30.9 Å². The number of ether oxygens (including phenoxy) is 4. The van der Waals surface area contributed by atoms with Gasteiger partial charge in [0.25, 0.3) is 0 Å². The van der Waals surface area contributed by atoms with Crippen molar-refractivity contribution < 1.29 is 18.9 Å². The molecule has 4 saturated heterocycles. The molecule has 8 heteroatoms. The third-order valence-electron chi connectivity index (χ3n) is 23.0. The highest BCUT2D eigenvalue weighted by atomic mass is 16.8. The first-order valence-corrected chi connectivity index (χ1v) is 44.6. The van der Waals surface area contributed by atoms with Gasteiger partial charge in [0.05, 0.1) is 0 Å². The minimum Gasteiger partial charge on any atom is -0.343 e. The zero-order valence-corrected chi connectivity index (χ0v) is 67.8. The largest absolute Gasteiger partial charge is 0.343 e. The van der Waals surface area contributed by atoms with Crippen LogP contribution in [0.2, 0.25) is 0 Å². The van der Waals surface area contributed by atoms with E-state index in [9.17, 15) is 0 Å². The lowest BCUT2D eigenvalue weighted by atomic mass is 9.84. The van der Waals surface area contributed by atoms with Gasteiger partial charge in [-0.2, -0.15) is 0 Å². The quantitative estimate of drug-likeness (QED) is 0.0479. The maximum absolute atomic E-state index is 7.00. The Kier molecular flexibility index (Phi) is 51.2. The third-order valence-corrected chi connectivity index (χ3v) is 23.0. The number of hydrogen-bond donors (Lipinski definition) is 0. The van der Waals surface area contributed by atoms with Crippen LogP contribution in [0.25, 0.3) is 0 Å². The van der Waals surface area contributed by atoms with Crippen LogP contribution >= 0.6 is 0 Å². The number of pyridine rings is 2. The highest BCUT2D eigenvalue weighted by molar-refractivity contribution is 5.11. The normalized spacial score (nSPS) is 21.7. The second-order valence-corrected chi connectivity index (χ2v) is 32.2. The predicted molar refractivity (Wildman–Crippen MR) is 447 cm³/mol.